The minimum Gasteiger partial charge on any atom is -0.316 e. The molecule has 0 aromatic carbocycles. The largest absolute Gasteiger partial charge is 0.316 e. The minimum absolute atomic E-state index is 0.568. The molecule has 1 heterocycles. The second kappa shape index (κ2) is 5.54. The van der Waals surface area contributed by atoms with E-state index in [1.165, 1.54) is 38.5 Å². The number of rotatable bonds is 5. The fourth-order valence-electron chi connectivity index (χ4n) is 5.70. The highest BCUT2D eigenvalue weighted by Gasteiger charge is 2.53. The molecule has 4 fully saturated rings. The SMILES string of the molecule is CNC(CSc1cnccn1)C12CC3CC(CC(C3)C1)C2. The van der Waals surface area contributed by atoms with E-state index in [9.17, 15) is 0 Å². The number of thioether (sulfide) groups is 1. The van der Waals surface area contributed by atoms with Gasteiger partial charge >= 0.3 is 0 Å². The predicted octanol–water partition coefficient (Wildman–Crippen LogP) is 3.37. The van der Waals surface area contributed by atoms with Crippen LogP contribution in [0.25, 0.3) is 0 Å². The van der Waals surface area contributed by atoms with Crippen molar-refractivity contribution in [2.45, 2.75) is 49.6 Å². The number of nitrogens with one attached hydrogen (secondary N) is 1. The summed E-state index contributed by atoms with van der Waals surface area (Å²) in [7, 11) is 2.15. The molecule has 0 radical (unpaired) electrons. The first kappa shape index (κ1) is 14.0. The molecule has 4 aliphatic rings. The molecule has 1 N–H and O–H groups in total. The lowest BCUT2D eigenvalue weighted by Gasteiger charge is -2.59. The van der Waals surface area contributed by atoms with E-state index in [1.807, 2.05) is 18.0 Å². The molecule has 21 heavy (non-hydrogen) atoms. The van der Waals surface area contributed by atoms with Crippen molar-refractivity contribution in [3.8, 4) is 0 Å². The number of aromatic nitrogens is 2. The zero-order valence-electron chi connectivity index (χ0n) is 12.8. The molecule has 4 aliphatic carbocycles. The van der Waals surface area contributed by atoms with Crippen molar-refractivity contribution >= 4 is 11.8 Å². The van der Waals surface area contributed by atoms with Crippen molar-refractivity contribution in [1.29, 1.82) is 0 Å². The third kappa shape index (κ3) is 2.61. The Hall–Kier alpha value is -0.610. The van der Waals surface area contributed by atoms with Gasteiger partial charge in [-0.25, -0.2) is 4.98 Å². The molecule has 4 saturated carbocycles. The summed E-state index contributed by atoms with van der Waals surface area (Å²) in [5.41, 5.74) is 0.568. The number of hydrogen-bond acceptors (Lipinski definition) is 4. The molecule has 1 aromatic rings. The van der Waals surface area contributed by atoms with Crippen LogP contribution in [-0.2, 0) is 0 Å². The molecule has 114 valence electrons. The summed E-state index contributed by atoms with van der Waals surface area (Å²) in [5, 5.41) is 4.72. The predicted molar refractivity (Wildman–Crippen MR) is 86.2 cm³/mol. The average Bonchev–Trinajstić information content (AvgIpc) is 2.47. The molecular weight excluding hydrogens is 278 g/mol. The van der Waals surface area contributed by atoms with Gasteiger partial charge in [0.05, 0.1) is 6.20 Å². The van der Waals surface area contributed by atoms with Crippen LogP contribution in [0.5, 0.6) is 0 Å². The average molecular weight is 303 g/mol. The Labute approximate surface area is 131 Å². The summed E-state index contributed by atoms with van der Waals surface area (Å²) in [6.07, 6.45) is 14.4. The third-order valence-corrected chi connectivity index (χ3v) is 7.12. The van der Waals surface area contributed by atoms with Gasteiger partial charge < -0.3 is 5.32 Å². The van der Waals surface area contributed by atoms with E-state index in [1.54, 1.807) is 12.4 Å². The van der Waals surface area contributed by atoms with E-state index in [-0.39, 0.29) is 0 Å². The maximum atomic E-state index is 4.40. The highest BCUT2D eigenvalue weighted by atomic mass is 32.2. The van der Waals surface area contributed by atoms with Gasteiger partial charge in [0.15, 0.2) is 0 Å². The van der Waals surface area contributed by atoms with E-state index in [0.717, 1.165) is 28.5 Å². The maximum Gasteiger partial charge on any atom is 0.114 e. The molecule has 0 spiro atoms. The Kier molecular flexibility index (Phi) is 3.70. The van der Waals surface area contributed by atoms with E-state index in [4.69, 9.17) is 0 Å². The van der Waals surface area contributed by atoms with Gasteiger partial charge in [0.2, 0.25) is 0 Å². The van der Waals surface area contributed by atoms with E-state index < -0.39 is 0 Å². The monoisotopic (exact) mass is 303 g/mol. The quantitative estimate of drug-likeness (QED) is 0.846. The molecular formula is C17H25N3S. The molecule has 0 amide bonds. The first-order chi connectivity index (χ1) is 10.3. The molecule has 3 nitrogen and oxygen atoms in total. The van der Waals surface area contributed by atoms with Crippen LogP contribution >= 0.6 is 11.8 Å². The van der Waals surface area contributed by atoms with Gasteiger partial charge in [-0.15, -0.1) is 11.8 Å². The summed E-state index contributed by atoms with van der Waals surface area (Å²) in [6.45, 7) is 0. The number of nitrogens with zero attached hydrogens (tertiary/aromatic N) is 2. The van der Waals surface area contributed by atoms with Gasteiger partial charge in [0.1, 0.15) is 5.03 Å². The second-order valence-corrected chi connectivity index (χ2v) is 8.52. The zero-order valence-corrected chi connectivity index (χ0v) is 13.6. The lowest BCUT2D eigenvalue weighted by molar-refractivity contribution is -0.0682. The van der Waals surface area contributed by atoms with E-state index >= 15 is 0 Å². The Balaban J connectivity index is 1.48. The summed E-state index contributed by atoms with van der Waals surface area (Å²) in [6, 6.07) is 0.623. The van der Waals surface area contributed by atoms with Crippen molar-refractivity contribution in [2.75, 3.05) is 12.8 Å². The van der Waals surface area contributed by atoms with Crippen molar-refractivity contribution in [3.63, 3.8) is 0 Å². The van der Waals surface area contributed by atoms with Crippen LogP contribution in [0.4, 0.5) is 0 Å². The van der Waals surface area contributed by atoms with Gasteiger partial charge in [0.25, 0.3) is 0 Å². The second-order valence-electron chi connectivity index (χ2n) is 7.48. The van der Waals surface area contributed by atoms with Crippen LogP contribution < -0.4 is 5.32 Å². The minimum atomic E-state index is 0.568. The van der Waals surface area contributed by atoms with Gasteiger partial charge in [-0.3, -0.25) is 4.98 Å². The molecule has 4 heteroatoms. The van der Waals surface area contributed by atoms with E-state index in [0.29, 0.717) is 11.5 Å². The van der Waals surface area contributed by atoms with Crippen molar-refractivity contribution in [2.24, 2.45) is 23.2 Å². The first-order valence-electron chi connectivity index (χ1n) is 8.33. The van der Waals surface area contributed by atoms with Gasteiger partial charge in [-0.05, 0) is 68.7 Å². The molecule has 5 rings (SSSR count). The lowest BCUT2D eigenvalue weighted by Crippen LogP contribution is -2.56. The van der Waals surface area contributed by atoms with Crippen molar-refractivity contribution < 1.29 is 0 Å². The summed E-state index contributed by atoms with van der Waals surface area (Å²) in [4.78, 5) is 8.58. The Morgan fingerprint density at radius 3 is 2.38 bits per heavy atom. The van der Waals surface area contributed by atoms with E-state index in [2.05, 4.69) is 22.3 Å². The fourth-order valence-corrected chi connectivity index (χ4v) is 6.83. The normalized spacial score (nSPS) is 38.6. The summed E-state index contributed by atoms with van der Waals surface area (Å²) < 4.78 is 0. The Morgan fingerprint density at radius 2 is 1.86 bits per heavy atom. The standard InChI is InChI=1S/C17H25N3S/c1-18-15(11-21-16-10-19-2-3-20-16)17-7-12-4-13(8-17)6-14(5-12)9-17/h2-3,10,12-15,18H,4-9,11H2,1H3. The smallest absolute Gasteiger partial charge is 0.114 e. The molecule has 1 unspecified atom stereocenters. The summed E-state index contributed by atoms with van der Waals surface area (Å²) >= 11 is 1.87. The summed E-state index contributed by atoms with van der Waals surface area (Å²) in [5.74, 6) is 4.19. The fraction of sp³-hybridized carbons (Fsp3) is 0.765. The molecule has 0 saturated heterocycles. The van der Waals surface area contributed by atoms with Crippen LogP contribution in [0.1, 0.15) is 38.5 Å². The molecule has 1 aromatic heterocycles. The molecule has 0 aliphatic heterocycles. The van der Waals surface area contributed by atoms with Crippen LogP contribution in [0, 0.1) is 23.2 Å². The third-order valence-electron chi connectivity index (χ3n) is 6.11. The highest BCUT2D eigenvalue weighted by molar-refractivity contribution is 7.99. The zero-order chi connectivity index (χ0) is 14.3. The molecule has 4 bridgehead atoms. The van der Waals surface area contributed by atoms with Crippen molar-refractivity contribution in [3.05, 3.63) is 18.6 Å². The molecule has 1 atom stereocenters. The Bertz CT molecular complexity index is 455. The number of hydrogen-bond donors (Lipinski definition) is 1. The van der Waals surface area contributed by atoms with Crippen LogP contribution in [0.15, 0.2) is 23.6 Å². The first-order valence-corrected chi connectivity index (χ1v) is 9.32. The van der Waals surface area contributed by atoms with Gasteiger partial charge in [-0.1, -0.05) is 0 Å². The van der Waals surface area contributed by atoms with Crippen LogP contribution in [0.2, 0.25) is 0 Å². The maximum absolute atomic E-state index is 4.40. The van der Waals surface area contributed by atoms with Crippen LogP contribution in [0.3, 0.4) is 0 Å². The van der Waals surface area contributed by atoms with Gasteiger partial charge in [-0.2, -0.15) is 0 Å². The highest BCUT2D eigenvalue weighted by Crippen LogP contribution is 2.61. The Morgan fingerprint density at radius 1 is 1.19 bits per heavy atom. The van der Waals surface area contributed by atoms with Gasteiger partial charge in [0, 0.05) is 24.2 Å². The topological polar surface area (TPSA) is 37.8 Å². The lowest BCUT2D eigenvalue weighted by atomic mass is 9.48. The van der Waals surface area contributed by atoms with Crippen molar-refractivity contribution in [1.82, 2.24) is 15.3 Å². The van der Waals surface area contributed by atoms with Crippen LogP contribution in [-0.4, -0.2) is 28.8 Å².